The first-order valence-corrected chi connectivity index (χ1v) is 9.77. The highest BCUT2D eigenvalue weighted by Gasteiger charge is 2.61. The lowest BCUT2D eigenvalue weighted by Crippen LogP contribution is -2.61. The van der Waals surface area contributed by atoms with Gasteiger partial charge in [-0.25, -0.2) is 0 Å². The van der Waals surface area contributed by atoms with Gasteiger partial charge in [-0.15, -0.1) is 0 Å². The zero-order chi connectivity index (χ0) is 17.1. The highest BCUT2D eigenvalue weighted by Crippen LogP contribution is 2.65. The summed E-state index contributed by atoms with van der Waals surface area (Å²) in [4.78, 5) is 24.1. The van der Waals surface area contributed by atoms with Crippen LogP contribution in [0.25, 0.3) is 0 Å². The van der Waals surface area contributed by atoms with Gasteiger partial charge in [0.2, 0.25) is 5.91 Å². The molecule has 0 aromatic carbocycles. The molecule has 0 bridgehead atoms. The maximum atomic E-state index is 12.3. The molecule has 1 heterocycles. The van der Waals surface area contributed by atoms with Gasteiger partial charge in [0.15, 0.2) is 0 Å². The van der Waals surface area contributed by atoms with Gasteiger partial charge in [-0.3, -0.25) is 9.59 Å². The molecular formula is C20H31NO3. The largest absolute Gasteiger partial charge is 0.469 e. The average Bonchev–Trinajstić information content (AvgIpc) is 2.92. The van der Waals surface area contributed by atoms with E-state index in [-0.39, 0.29) is 28.6 Å². The van der Waals surface area contributed by atoms with Gasteiger partial charge in [0.25, 0.3) is 0 Å². The van der Waals surface area contributed by atoms with Crippen molar-refractivity contribution in [2.75, 3.05) is 7.11 Å². The molecule has 4 rings (SSSR count). The van der Waals surface area contributed by atoms with E-state index in [1.807, 2.05) is 0 Å². The summed E-state index contributed by atoms with van der Waals surface area (Å²) in [7, 11) is 1.53. The van der Waals surface area contributed by atoms with Crippen LogP contribution in [0.2, 0.25) is 0 Å². The standard InChI is InChI=1S/C20H31NO3/c1-19-10-8-14-12(13(19)5-6-15(19)18(23)24-3)4-7-16-20(14,2)11-9-17(22)21-16/h12-16H,4-11H2,1-3H3,(H,21,22)/t12-,13?,14?,15+,16?,19-,20?/m0/s1. The summed E-state index contributed by atoms with van der Waals surface area (Å²) in [6, 6.07) is 0.363. The van der Waals surface area contributed by atoms with Crippen LogP contribution in [-0.4, -0.2) is 25.0 Å². The second kappa shape index (κ2) is 5.47. The van der Waals surface area contributed by atoms with E-state index in [9.17, 15) is 9.59 Å². The fourth-order valence-corrected chi connectivity index (χ4v) is 7.23. The zero-order valence-electron chi connectivity index (χ0n) is 15.3. The predicted octanol–water partition coefficient (Wildman–Crippen LogP) is 3.30. The Bertz CT molecular complexity index is 561. The SMILES string of the molecule is COC(=O)[C@H]1CCC2[C@@H]3CCC4NC(=O)CCC4(C)C3CC[C@@]21C. The van der Waals surface area contributed by atoms with Crippen LogP contribution in [0.3, 0.4) is 0 Å². The van der Waals surface area contributed by atoms with E-state index >= 15 is 0 Å². The van der Waals surface area contributed by atoms with E-state index in [0.717, 1.165) is 31.6 Å². The molecule has 1 N–H and O–H groups in total. The molecule has 7 atom stereocenters. The normalized spacial score (nSPS) is 50.3. The first kappa shape index (κ1) is 16.4. The van der Waals surface area contributed by atoms with Crippen molar-refractivity contribution in [1.29, 1.82) is 0 Å². The van der Waals surface area contributed by atoms with Crippen molar-refractivity contribution in [1.82, 2.24) is 5.32 Å². The maximum Gasteiger partial charge on any atom is 0.309 e. The molecule has 4 nitrogen and oxygen atoms in total. The minimum absolute atomic E-state index is 0.00303. The molecule has 0 radical (unpaired) electrons. The molecule has 24 heavy (non-hydrogen) atoms. The minimum atomic E-state index is 0.00303. The minimum Gasteiger partial charge on any atom is -0.469 e. The number of nitrogens with one attached hydrogen (secondary N) is 1. The topological polar surface area (TPSA) is 55.4 Å². The second-order valence-electron chi connectivity index (χ2n) is 9.28. The van der Waals surface area contributed by atoms with Gasteiger partial charge in [0, 0.05) is 12.5 Å². The fraction of sp³-hybridized carbons (Fsp3) is 0.900. The van der Waals surface area contributed by atoms with E-state index in [4.69, 9.17) is 4.74 Å². The van der Waals surface area contributed by atoms with E-state index in [0.29, 0.717) is 24.3 Å². The number of piperidine rings is 1. The number of ether oxygens (including phenoxy) is 1. The van der Waals surface area contributed by atoms with Crippen molar-refractivity contribution >= 4 is 11.9 Å². The third-order valence-electron chi connectivity index (χ3n) is 8.58. The van der Waals surface area contributed by atoms with E-state index in [1.54, 1.807) is 0 Å². The van der Waals surface area contributed by atoms with Crippen LogP contribution in [0.4, 0.5) is 0 Å². The Morgan fingerprint density at radius 1 is 1.04 bits per heavy atom. The number of rotatable bonds is 1. The summed E-state index contributed by atoms with van der Waals surface area (Å²) in [6.07, 6.45) is 8.54. The Kier molecular flexibility index (Phi) is 3.74. The maximum absolute atomic E-state index is 12.3. The fourth-order valence-electron chi connectivity index (χ4n) is 7.23. The Morgan fingerprint density at radius 3 is 2.54 bits per heavy atom. The predicted molar refractivity (Wildman–Crippen MR) is 91.1 cm³/mol. The number of fused-ring (bicyclic) bond motifs is 5. The number of hydrogen-bond donors (Lipinski definition) is 1. The lowest BCUT2D eigenvalue weighted by molar-refractivity contribution is -0.155. The summed E-state index contributed by atoms with van der Waals surface area (Å²) < 4.78 is 5.12. The van der Waals surface area contributed by atoms with Crippen molar-refractivity contribution < 1.29 is 14.3 Å². The molecule has 4 fully saturated rings. The van der Waals surface area contributed by atoms with E-state index in [2.05, 4.69) is 19.2 Å². The summed E-state index contributed by atoms with van der Waals surface area (Å²) in [5, 5.41) is 3.28. The lowest BCUT2D eigenvalue weighted by Gasteiger charge is -2.60. The Morgan fingerprint density at radius 2 is 1.79 bits per heavy atom. The van der Waals surface area contributed by atoms with Crippen molar-refractivity contribution in [2.24, 2.45) is 34.5 Å². The molecule has 134 valence electrons. The number of carbonyl (C=O) groups is 2. The number of amides is 1. The first-order valence-electron chi connectivity index (χ1n) is 9.77. The van der Waals surface area contributed by atoms with Crippen LogP contribution in [0.1, 0.15) is 65.2 Å². The highest BCUT2D eigenvalue weighted by atomic mass is 16.5. The molecule has 1 amide bonds. The quantitative estimate of drug-likeness (QED) is 0.749. The summed E-state index contributed by atoms with van der Waals surface area (Å²) >= 11 is 0. The Balaban J connectivity index is 1.61. The molecule has 0 spiro atoms. The first-order chi connectivity index (χ1) is 11.4. The molecule has 3 aliphatic carbocycles. The lowest BCUT2D eigenvalue weighted by atomic mass is 9.47. The Labute approximate surface area is 145 Å². The van der Waals surface area contributed by atoms with Crippen LogP contribution in [-0.2, 0) is 14.3 Å². The molecule has 0 aromatic rings. The third kappa shape index (κ3) is 2.10. The number of methoxy groups -OCH3 is 1. The zero-order valence-corrected chi connectivity index (χ0v) is 15.3. The van der Waals surface area contributed by atoms with Gasteiger partial charge < -0.3 is 10.1 Å². The van der Waals surface area contributed by atoms with Gasteiger partial charge in [0.1, 0.15) is 0 Å². The van der Waals surface area contributed by atoms with Crippen LogP contribution in [0, 0.1) is 34.5 Å². The second-order valence-corrected chi connectivity index (χ2v) is 9.28. The van der Waals surface area contributed by atoms with Crippen LogP contribution in [0.5, 0.6) is 0 Å². The average molecular weight is 333 g/mol. The van der Waals surface area contributed by atoms with Crippen molar-refractivity contribution in [3.8, 4) is 0 Å². The molecule has 1 saturated heterocycles. The van der Waals surface area contributed by atoms with Gasteiger partial charge in [-0.05, 0) is 73.5 Å². The van der Waals surface area contributed by atoms with Crippen molar-refractivity contribution in [2.45, 2.75) is 71.3 Å². The monoisotopic (exact) mass is 333 g/mol. The van der Waals surface area contributed by atoms with Gasteiger partial charge in [-0.2, -0.15) is 0 Å². The van der Waals surface area contributed by atoms with Gasteiger partial charge in [0.05, 0.1) is 13.0 Å². The van der Waals surface area contributed by atoms with Crippen molar-refractivity contribution in [3.63, 3.8) is 0 Å². The van der Waals surface area contributed by atoms with Crippen molar-refractivity contribution in [3.05, 3.63) is 0 Å². The van der Waals surface area contributed by atoms with E-state index in [1.165, 1.54) is 26.4 Å². The Hall–Kier alpha value is -1.06. The third-order valence-corrected chi connectivity index (χ3v) is 8.58. The highest BCUT2D eigenvalue weighted by molar-refractivity contribution is 5.77. The molecule has 4 unspecified atom stereocenters. The number of carbonyl (C=O) groups excluding carboxylic acids is 2. The van der Waals surface area contributed by atoms with Crippen LogP contribution >= 0.6 is 0 Å². The summed E-state index contributed by atoms with van der Waals surface area (Å²) in [6.45, 7) is 4.77. The molecule has 1 aliphatic heterocycles. The number of esters is 1. The van der Waals surface area contributed by atoms with Crippen LogP contribution < -0.4 is 5.32 Å². The molecule has 4 heteroatoms. The summed E-state index contributed by atoms with van der Waals surface area (Å²) in [5.74, 6) is 2.40. The summed E-state index contributed by atoms with van der Waals surface area (Å²) in [5.41, 5.74) is 0.372. The number of hydrogen-bond acceptors (Lipinski definition) is 3. The van der Waals surface area contributed by atoms with Gasteiger partial charge >= 0.3 is 5.97 Å². The molecule has 3 saturated carbocycles. The van der Waals surface area contributed by atoms with E-state index < -0.39 is 0 Å². The van der Waals surface area contributed by atoms with Gasteiger partial charge in [-0.1, -0.05) is 13.8 Å². The molecule has 4 aliphatic rings. The van der Waals surface area contributed by atoms with Crippen LogP contribution in [0.15, 0.2) is 0 Å². The molecule has 0 aromatic heterocycles. The smallest absolute Gasteiger partial charge is 0.309 e. The molecular weight excluding hydrogens is 302 g/mol.